The molecule has 4 heterocycles. The highest BCUT2D eigenvalue weighted by atomic mass is 35.5. The van der Waals surface area contributed by atoms with Gasteiger partial charge >= 0.3 is 0 Å². The monoisotopic (exact) mass is 456 g/mol. The molecule has 1 aliphatic rings. The van der Waals surface area contributed by atoms with Gasteiger partial charge in [0.1, 0.15) is 23.5 Å². The van der Waals surface area contributed by atoms with Gasteiger partial charge in [-0.15, -0.1) is 12.4 Å². The number of amides is 1. The van der Waals surface area contributed by atoms with Crippen molar-refractivity contribution in [2.24, 2.45) is 7.05 Å². The third-order valence-corrected chi connectivity index (χ3v) is 5.36. The van der Waals surface area contributed by atoms with E-state index < -0.39 is 0 Å². The molecule has 0 saturated carbocycles. The minimum atomic E-state index is -0.380. The predicted octanol–water partition coefficient (Wildman–Crippen LogP) is 2.67. The van der Waals surface area contributed by atoms with Gasteiger partial charge in [0.2, 0.25) is 0 Å². The van der Waals surface area contributed by atoms with Crippen LogP contribution in [0.5, 0.6) is 0 Å². The molecule has 1 saturated heterocycles. The van der Waals surface area contributed by atoms with E-state index in [-0.39, 0.29) is 42.4 Å². The van der Waals surface area contributed by atoms with E-state index in [1.807, 2.05) is 12.3 Å². The Morgan fingerprint density at radius 1 is 1.28 bits per heavy atom. The minimum absolute atomic E-state index is 0. The average molecular weight is 457 g/mol. The number of aromatic amines is 1. The molecule has 4 aromatic rings. The highest BCUT2D eigenvalue weighted by Gasteiger charge is 2.22. The molecule has 32 heavy (non-hydrogen) atoms. The first-order valence-corrected chi connectivity index (χ1v) is 10.1. The Kier molecular flexibility index (Phi) is 6.15. The lowest BCUT2D eigenvalue weighted by Gasteiger charge is -2.08. The van der Waals surface area contributed by atoms with Gasteiger partial charge in [-0.3, -0.25) is 9.48 Å². The van der Waals surface area contributed by atoms with Gasteiger partial charge in [-0.1, -0.05) is 0 Å². The summed E-state index contributed by atoms with van der Waals surface area (Å²) in [5, 5.41) is 10.3. The van der Waals surface area contributed by atoms with Gasteiger partial charge in [0, 0.05) is 25.4 Å². The Morgan fingerprint density at radius 2 is 2.16 bits per heavy atom. The number of nitrogens with one attached hydrogen (secondary N) is 3. The second-order valence-corrected chi connectivity index (χ2v) is 7.63. The maximum atomic E-state index is 14.1. The number of aromatic nitrogens is 6. The van der Waals surface area contributed by atoms with Crippen molar-refractivity contribution in [3.63, 3.8) is 0 Å². The van der Waals surface area contributed by atoms with Crippen molar-refractivity contribution in [2.45, 2.75) is 25.4 Å². The molecule has 1 aliphatic heterocycles. The minimum Gasteiger partial charge on any atom is -0.347 e. The van der Waals surface area contributed by atoms with Gasteiger partial charge in [0.15, 0.2) is 11.3 Å². The molecule has 1 fully saturated rings. The van der Waals surface area contributed by atoms with Crippen LogP contribution in [0, 0.1) is 5.82 Å². The van der Waals surface area contributed by atoms with E-state index in [4.69, 9.17) is 0 Å². The van der Waals surface area contributed by atoms with Crippen LogP contribution in [-0.4, -0.2) is 42.2 Å². The van der Waals surface area contributed by atoms with Crippen LogP contribution in [0.1, 0.15) is 40.8 Å². The molecule has 11 heteroatoms. The van der Waals surface area contributed by atoms with Gasteiger partial charge in [-0.05, 0) is 48.7 Å². The number of rotatable bonds is 5. The molecular weight excluding hydrogens is 435 g/mol. The molecule has 5 rings (SSSR count). The Morgan fingerprint density at radius 3 is 2.91 bits per heavy atom. The molecule has 3 aromatic heterocycles. The number of fused-ring (bicyclic) bond motifs is 1. The number of halogens is 2. The second kappa shape index (κ2) is 9.01. The van der Waals surface area contributed by atoms with Crippen molar-refractivity contribution in [3.8, 4) is 11.1 Å². The quantitative estimate of drug-likeness (QED) is 0.425. The number of nitrogens with zero attached hydrogens (tertiary/aromatic N) is 5. The Bertz CT molecular complexity index is 1260. The van der Waals surface area contributed by atoms with Crippen molar-refractivity contribution >= 4 is 29.5 Å². The number of imidazole rings is 1. The lowest BCUT2D eigenvalue weighted by molar-refractivity contribution is 0.0947. The van der Waals surface area contributed by atoms with Gasteiger partial charge in [0.05, 0.1) is 12.2 Å². The van der Waals surface area contributed by atoms with Gasteiger partial charge in [0.25, 0.3) is 5.91 Å². The van der Waals surface area contributed by atoms with Gasteiger partial charge in [-0.25, -0.2) is 19.3 Å². The maximum absolute atomic E-state index is 14.1. The van der Waals surface area contributed by atoms with Crippen LogP contribution in [0.25, 0.3) is 22.3 Å². The summed E-state index contributed by atoms with van der Waals surface area (Å²) < 4.78 is 15.8. The number of H-pyrrole nitrogens is 1. The standard InChI is InChI=1S/C21H21FN8O.ClH/c1-30-10-14(9-27-30)13-5-12(6-15(22)7-13)8-24-21(31)18-17-20(26-11-25-18)29-19(28-17)16-3-2-4-23-16;/h5-7,9-11,16,23H,2-4,8H2,1H3,(H,24,31)(H,25,26,28,29);1H/t16-;/m0./s1. The largest absolute Gasteiger partial charge is 0.347 e. The van der Waals surface area contributed by atoms with Crippen molar-refractivity contribution in [1.29, 1.82) is 0 Å². The van der Waals surface area contributed by atoms with Gasteiger partial charge in [-0.2, -0.15) is 5.10 Å². The van der Waals surface area contributed by atoms with Crippen LogP contribution < -0.4 is 10.6 Å². The van der Waals surface area contributed by atoms with Crippen LogP contribution in [-0.2, 0) is 13.6 Å². The van der Waals surface area contributed by atoms with Crippen molar-refractivity contribution < 1.29 is 9.18 Å². The number of benzene rings is 1. The van der Waals surface area contributed by atoms with E-state index in [9.17, 15) is 9.18 Å². The summed E-state index contributed by atoms with van der Waals surface area (Å²) in [7, 11) is 1.80. The average Bonchev–Trinajstić information content (AvgIpc) is 3.51. The molecule has 0 unspecified atom stereocenters. The summed E-state index contributed by atoms with van der Waals surface area (Å²) in [6, 6.07) is 4.80. The van der Waals surface area contributed by atoms with Crippen LogP contribution >= 0.6 is 12.4 Å². The van der Waals surface area contributed by atoms with Crippen molar-refractivity contribution in [2.75, 3.05) is 6.54 Å². The number of hydrogen-bond donors (Lipinski definition) is 3. The fraction of sp³-hybridized carbons (Fsp3) is 0.286. The first kappa shape index (κ1) is 21.8. The summed E-state index contributed by atoms with van der Waals surface area (Å²) in [4.78, 5) is 28.9. The number of carbonyl (C=O) groups is 1. The molecule has 0 aliphatic carbocycles. The fourth-order valence-corrected chi connectivity index (χ4v) is 3.86. The van der Waals surface area contributed by atoms with E-state index in [2.05, 4.69) is 35.7 Å². The molecule has 1 atom stereocenters. The molecule has 0 radical (unpaired) electrons. The SMILES string of the molecule is Cl.Cn1cc(-c2cc(F)cc(CNC(=O)c3ncnc4nc([C@@H]5CCCN5)[nH]c34)c2)cn1. The summed E-state index contributed by atoms with van der Waals surface area (Å²) >= 11 is 0. The fourth-order valence-electron chi connectivity index (χ4n) is 3.86. The third kappa shape index (κ3) is 4.32. The first-order valence-electron chi connectivity index (χ1n) is 10.1. The molecule has 1 aromatic carbocycles. The van der Waals surface area contributed by atoms with E-state index >= 15 is 0 Å². The normalized spacial score (nSPS) is 15.6. The molecule has 9 nitrogen and oxygen atoms in total. The highest BCUT2D eigenvalue weighted by Crippen LogP contribution is 2.24. The van der Waals surface area contributed by atoms with E-state index in [0.29, 0.717) is 22.3 Å². The predicted molar refractivity (Wildman–Crippen MR) is 119 cm³/mol. The summed E-state index contributed by atoms with van der Waals surface area (Å²) in [5.41, 5.74) is 3.30. The number of carbonyl (C=O) groups excluding carboxylic acids is 1. The van der Waals surface area contributed by atoms with Crippen LogP contribution in [0.2, 0.25) is 0 Å². The zero-order chi connectivity index (χ0) is 21.4. The maximum Gasteiger partial charge on any atom is 0.272 e. The van der Waals surface area contributed by atoms with Crippen LogP contribution in [0.4, 0.5) is 4.39 Å². The third-order valence-electron chi connectivity index (χ3n) is 5.36. The summed E-state index contributed by atoms with van der Waals surface area (Å²) in [6.45, 7) is 1.09. The highest BCUT2D eigenvalue weighted by molar-refractivity contribution is 6.02. The number of aryl methyl sites for hydroxylation is 1. The van der Waals surface area contributed by atoms with Gasteiger partial charge < -0.3 is 15.6 Å². The van der Waals surface area contributed by atoms with Crippen molar-refractivity contribution in [3.05, 3.63) is 59.8 Å². The Balaban J connectivity index is 0.00000245. The van der Waals surface area contributed by atoms with Crippen LogP contribution in [0.15, 0.2) is 36.9 Å². The summed E-state index contributed by atoms with van der Waals surface area (Å²) in [6.07, 6.45) is 6.86. The van der Waals surface area contributed by atoms with E-state index in [1.165, 1.54) is 18.5 Å². The molecule has 0 spiro atoms. The molecular formula is C21H22ClFN8O. The Hall–Kier alpha value is -3.37. The lowest BCUT2D eigenvalue weighted by atomic mass is 10.1. The Labute approximate surface area is 189 Å². The molecule has 1 amide bonds. The molecule has 0 bridgehead atoms. The van der Waals surface area contributed by atoms with Crippen LogP contribution in [0.3, 0.4) is 0 Å². The topological polar surface area (TPSA) is 113 Å². The first-order chi connectivity index (χ1) is 15.1. The molecule has 3 N–H and O–H groups in total. The number of hydrogen-bond acceptors (Lipinski definition) is 6. The van der Waals surface area contributed by atoms with Crippen molar-refractivity contribution in [1.82, 2.24) is 40.3 Å². The lowest BCUT2D eigenvalue weighted by Crippen LogP contribution is -2.24. The van der Waals surface area contributed by atoms with E-state index in [1.54, 1.807) is 17.9 Å². The van der Waals surface area contributed by atoms with E-state index in [0.717, 1.165) is 30.8 Å². The smallest absolute Gasteiger partial charge is 0.272 e. The zero-order valence-corrected chi connectivity index (χ0v) is 18.1. The molecule has 166 valence electrons. The zero-order valence-electron chi connectivity index (χ0n) is 17.3. The summed E-state index contributed by atoms with van der Waals surface area (Å²) in [5.74, 6) is -0.000218. The second-order valence-electron chi connectivity index (χ2n) is 7.63.